The second kappa shape index (κ2) is 6.94. The summed E-state index contributed by atoms with van der Waals surface area (Å²) in [5.41, 5.74) is 0.726. The van der Waals surface area contributed by atoms with E-state index >= 15 is 0 Å². The number of hydrogen-bond donors (Lipinski definition) is 1. The average Bonchev–Trinajstić information content (AvgIpc) is 3.00. The van der Waals surface area contributed by atoms with Gasteiger partial charge in [-0.2, -0.15) is 0 Å². The van der Waals surface area contributed by atoms with Gasteiger partial charge in [0.05, 0.1) is 0 Å². The second-order valence-corrected chi connectivity index (χ2v) is 7.32. The normalized spacial score (nSPS) is 21.1. The maximum Gasteiger partial charge on any atom is 0.290 e. The Bertz CT molecular complexity index is 693. The van der Waals surface area contributed by atoms with E-state index in [1.54, 1.807) is 12.1 Å². The van der Waals surface area contributed by atoms with Crippen molar-refractivity contribution in [3.05, 3.63) is 28.7 Å². The molecule has 0 saturated carbocycles. The van der Waals surface area contributed by atoms with Gasteiger partial charge in [0.2, 0.25) is 11.8 Å². The number of thioether (sulfide) groups is 1. The molecule has 7 nitrogen and oxygen atoms in total. The van der Waals surface area contributed by atoms with Crippen molar-refractivity contribution in [2.24, 2.45) is 0 Å². The van der Waals surface area contributed by atoms with Crippen molar-refractivity contribution in [1.82, 2.24) is 9.80 Å². The smallest absolute Gasteiger partial charge is 0.290 e. The third-order valence-electron chi connectivity index (χ3n) is 3.77. The Hall–Kier alpha value is -1.87. The van der Waals surface area contributed by atoms with Gasteiger partial charge in [0.1, 0.15) is 0 Å². The molecule has 1 atom stereocenters. The van der Waals surface area contributed by atoms with Crippen LogP contribution < -0.4 is 5.32 Å². The number of carbonyl (C=O) groups is 4. The molecule has 0 aromatic heterocycles. The zero-order valence-corrected chi connectivity index (χ0v) is 14.9. The standard InChI is InChI=1S/C15H14BrN3O4S/c16-9-1-3-10(4-2-9)17-13-14(22)19(15(23)24-13)8-7-18-11(20)5-6-12(18)21/h1-4,13,17H,5-8H2. The largest absolute Gasteiger partial charge is 0.365 e. The van der Waals surface area contributed by atoms with Gasteiger partial charge in [0, 0.05) is 36.1 Å². The third kappa shape index (κ3) is 3.46. The van der Waals surface area contributed by atoms with Gasteiger partial charge in [-0.1, -0.05) is 15.9 Å². The second-order valence-electron chi connectivity index (χ2n) is 5.34. The van der Waals surface area contributed by atoms with E-state index in [0.717, 1.165) is 31.7 Å². The van der Waals surface area contributed by atoms with Crippen LogP contribution in [0, 0.1) is 0 Å². The molecule has 0 radical (unpaired) electrons. The zero-order valence-electron chi connectivity index (χ0n) is 12.5. The molecule has 4 amide bonds. The lowest BCUT2D eigenvalue weighted by molar-refractivity contribution is -0.139. The molecule has 0 spiro atoms. The fraction of sp³-hybridized carbons (Fsp3) is 0.333. The molecular formula is C15H14BrN3O4S. The number of anilines is 1. The van der Waals surface area contributed by atoms with E-state index in [0.29, 0.717) is 0 Å². The molecular weight excluding hydrogens is 398 g/mol. The van der Waals surface area contributed by atoms with Gasteiger partial charge in [-0.25, -0.2) is 0 Å². The first kappa shape index (κ1) is 17.0. The molecule has 126 valence electrons. The van der Waals surface area contributed by atoms with Crippen LogP contribution in [0.2, 0.25) is 0 Å². The SMILES string of the molecule is O=C1CCC(=O)N1CCN1C(=O)SC(Nc2ccc(Br)cc2)C1=O. The number of benzene rings is 1. The fourth-order valence-corrected chi connectivity index (χ4v) is 3.71. The van der Waals surface area contributed by atoms with Crippen LogP contribution >= 0.6 is 27.7 Å². The van der Waals surface area contributed by atoms with Gasteiger partial charge < -0.3 is 5.32 Å². The Morgan fingerprint density at radius 3 is 2.21 bits per heavy atom. The van der Waals surface area contributed by atoms with Crippen molar-refractivity contribution in [3.63, 3.8) is 0 Å². The molecule has 2 aliphatic heterocycles. The number of amides is 4. The van der Waals surface area contributed by atoms with Crippen LogP contribution in [0.1, 0.15) is 12.8 Å². The lowest BCUT2D eigenvalue weighted by Crippen LogP contribution is -2.41. The quantitative estimate of drug-likeness (QED) is 0.745. The molecule has 2 heterocycles. The molecule has 1 N–H and O–H groups in total. The minimum absolute atomic E-state index is 0.0284. The molecule has 3 rings (SSSR count). The predicted octanol–water partition coefficient (Wildman–Crippen LogP) is 2.03. The topological polar surface area (TPSA) is 86.8 Å². The summed E-state index contributed by atoms with van der Waals surface area (Å²) >= 11 is 4.22. The number of rotatable bonds is 5. The maximum atomic E-state index is 12.4. The van der Waals surface area contributed by atoms with E-state index in [4.69, 9.17) is 0 Å². The van der Waals surface area contributed by atoms with Crippen LogP contribution in [-0.2, 0) is 14.4 Å². The van der Waals surface area contributed by atoms with E-state index < -0.39 is 5.37 Å². The molecule has 1 aromatic rings. The van der Waals surface area contributed by atoms with Crippen LogP contribution in [0.4, 0.5) is 10.5 Å². The summed E-state index contributed by atoms with van der Waals surface area (Å²) in [7, 11) is 0. The molecule has 2 fully saturated rings. The van der Waals surface area contributed by atoms with E-state index in [1.807, 2.05) is 12.1 Å². The highest BCUT2D eigenvalue weighted by Crippen LogP contribution is 2.28. The van der Waals surface area contributed by atoms with E-state index in [2.05, 4.69) is 21.2 Å². The van der Waals surface area contributed by atoms with Gasteiger partial charge in [-0.3, -0.25) is 29.0 Å². The number of likely N-dealkylation sites (tertiary alicyclic amines) is 1. The van der Waals surface area contributed by atoms with Crippen molar-refractivity contribution in [2.45, 2.75) is 18.2 Å². The Kier molecular flexibility index (Phi) is 4.91. The predicted molar refractivity (Wildman–Crippen MR) is 92.2 cm³/mol. The summed E-state index contributed by atoms with van der Waals surface area (Å²) < 4.78 is 0.913. The molecule has 9 heteroatoms. The van der Waals surface area contributed by atoms with E-state index in [-0.39, 0.29) is 48.9 Å². The summed E-state index contributed by atoms with van der Waals surface area (Å²) in [5, 5.41) is 1.92. The van der Waals surface area contributed by atoms with Crippen molar-refractivity contribution in [3.8, 4) is 0 Å². The van der Waals surface area contributed by atoms with Crippen LogP contribution in [0.15, 0.2) is 28.7 Å². The summed E-state index contributed by atoms with van der Waals surface area (Å²) in [6, 6.07) is 7.26. The summed E-state index contributed by atoms with van der Waals surface area (Å²) in [5.74, 6) is -0.875. The molecule has 0 bridgehead atoms. The van der Waals surface area contributed by atoms with Crippen LogP contribution in [0.5, 0.6) is 0 Å². The zero-order chi connectivity index (χ0) is 17.3. The van der Waals surface area contributed by atoms with Gasteiger partial charge in [-0.05, 0) is 36.0 Å². The third-order valence-corrected chi connectivity index (χ3v) is 5.28. The Morgan fingerprint density at radius 2 is 1.58 bits per heavy atom. The molecule has 2 aliphatic rings. The Balaban J connectivity index is 1.60. The first-order valence-corrected chi connectivity index (χ1v) is 9.00. The van der Waals surface area contributed by atoms with Crippen molar-refractivity contribution in [1.29, 1.82) is 0 Å². The number of nitrogens with zero attached hydrogens (tertiary/aromatic N) is 2. The number of imide groups is 2. The van der Waals surface area contributed by atoms with Crippen LogP contribution in [-0.4, -0.2) is 51.2 Å². The minimum Gasteiger partial charge on any atom is -0.365 e. The molecule has 0 aliphatic carbocycles. The average molecular weight is 412 g/mol. The first-order valence-electron chi connectivity index (χ1n) is 7.33. The molecule has 1 aromatic carbocycles. The maximum absolute atomic E-state index is 12.4. The highest BCUT2D eigenvalue weighted by atomic mass is 79.9. The van der Waals surface area contributed by atoms with Crippen LogP contribution in [0.25, 0.3) is 0 Å². The van der Waals surface area contributed by atoms with Crippen molar-refractivity contribution in [2.75, 3.05) is 18.4 Å². The number of halogens is 1. The summed E-state index contributed by atoms with van der Waals surface area (Å²) in [4.78, 5) is 49.8. The Morgan fingerprint density at radius 1 is 1.00 bits per heavy atom. The van der Waals surface area contributed by atoms with Gasteiger partial charge in [0.15, 0.2) is 5.37 Å². The first-order chi connectivity index (χ1) is 11.5. The Labute approximate surface area is 150 Å². The number of nitrogens with one attached hydrogen (secondary N) is 1. The highest BCUT2D eigenvalue weighted by molar-refractivity contribution is 9.10. The van der Waals surface area contributed by atoms with Gasteiger partial charge in [0.25, 0.3) is 11.1 Å². The van der Waals surface area contributed by atoms with E-state index in [1.165, 1.54) is 0 Å². The monoisotopic (exact) mass is 411 g/mol. The van der Waals surface area contributed by atoms with E-state index in [9.17, 15) is 19.2 Å². The number of carbonyl (C=O) groups excluding carboxylic acids is 4. The van der Waals surface area contributed by atoms with Crippen molar-refractivity contribution < 1.29 is 19.2 Å². The van der Waals surface area contributed by atoms with Crippen LogP contribution in [0.3, 0.4) is 0 Å². The van der Waals surface area contributed by atoms with Crippen molar-refractivity contribution >= 4 is 56.3 Å². The minimum atomic E-state index is -0.705. The lowest BCUT2D eigenvalue weighted by Gasteiger charge is -2.19. The fourth-order valence-electron chi connectivity index (χ4n) is 2.51. The number of hydrogen-bond acceptors (Lipinski definition) is 6. The van der Waals surface area contributed by atoms with Gasteiger partial charge in [-0.15, -0.1) is 0 Å². The lowest BCUT2D eigenvalue weighted by atomic mass is 10.3. The van der Waals surface area contributed by atoms with Gasteiger partial charge >= 0.3 is 0 Å². The highest BCUT2D eigenvalue weighted by Gasteiger charge is 2.40. The molecule has 24 heavy (non-hydrogen) atoms. The summed E-state index contributed by atoms with van der Waals surface area (Å²) in [6.45, 7) is 0.0847. The molecule has 1 unspecified atom stereocenters. The molecule has 2 saturated heterocycles. The summed E-state index contributed by atoms with van der Waals surface area (Å²) in [6.07, 6.45) is 0.395.